The van der Waals surface area contributed by atoms with Gasteiger partial charge in [-0.05, 0) is 46.9 Å². The fourth-order valence-electron chi connectivity index (χ4n) is 1.33. The third-order valence-electron chi connectivity index (χ3n) is 2.09. The number of hydrogen-bond acceptors (Lipinski definition) is 3. The molecule has 7 heteroatoms. The molecule has 1 aromatic heterocycles. The number of amides is 1. The Hall–Kier alpha value is -1.41. The Morgan fingerprint density at radius 3 is 2.74 bits per heavy atom. The van der Waals surface area contributed by atoms with Crippen molar-refractivity contribution in [3.63, 3.8) is 0 Å². The molecule has 4 nitrogen and oxygen atoms in total. The van der Waals surface area contributed by atoms with Gasteiger partial charge in [0, 0.05) is 3.57 Å². The number of ether oxygens (including phenoxy) is 1. The van der Waals surface area contributed by atoms with Crippen LogP contribution in [0.15, 0.2) is 36.5 Å². The van der Waals surface area contributed by atoms with Crippen LogP contribution in [0.5, 0.6) is 11.6 Å². The molecule has 0 spiro atoms. The van der Waals surface area contributed by atoms with Crippen molar-refractivity contribution in [1.29, 1.82) is 0 Å². The molecular weight excluding hydrogens is 385 g/mol. The number of halogens is 3. The SMILES string of the molecule is Cl.NC(=O)c1cc(F)cnc1Oc1cccc(I)c1. The lowest BCUT2D eigenvalue weighted by molar-refractivity contribution is 0.0997. The predicted molar refractivity (Wildman–Crippen MR) is 79.2 cm³/mol. The number of nitrogens with two attached hydrogens (primary N) is 1. The summed E-state index contributed by atoms with van der Waals surface area (Å²) in [4.78, 5) is 14.9. The topological polar surface area (TPSA) is 65.2 Å². The van der Waals surface area contributed by atoms with Gasteiger partial charge in [-0.2, -0.15) is 0 Å². The van der Waals surface area contributed by atoms with Crippen molar-refractivity contribution < 1.29 is 13.9 Å². The molecule has 0 fully saturated rings. The highest BCUT2D eigenvalue weighted by atomic mass is 127. The lowest BCUT2D eigenvalue weighted by atomic mass is 10.2. The quantitative estimate of drug-likeness (QED) is 0.814. The summed E-state index contributed by atoms with van der Waals surface area (Å²) in [5.74, 6) is -0.934. The fraction of sp³-hybridized carbons (Fsp3) is 0. The van der Waals surface area contributed by atoms with Crippen LogP contribution in [0.2, 0.25) is 0 Å². The minimum absolute atomic E-state index is 0. The van der Waals surface area contributed by atoms with Gasteiger partial charge in [0.1, 0.15) is 17.1 Å². The van der Waals surface area contributed by atoms with Crippen LogP contribution in [0.1, 0.15) is 10.4 Å². The Labute approximate surface area is 128 Å². The van der Waals surface area contributed by atoms with Crippen LogP contribution >= 0.6 is 35.0 Å². The molecule has 1 aromatic carbocycles. The molecular formula is C12H9ClFIN2O2. The summed E-state index contributed by atoms with van der Waals surface area (Å²) in [6, 6.07) is 8.15. The van der Waals surface area contributed by atoms with Crippen LogP contribution in [0.4, 0.5) is 4.39 Å². The molecule has 0 radical (unpaired) electrons. The predicted octanol–water partition coefficient (Wildman–Crippen LogP) is 3.14. The maximum atomic E-state index is 13.0. The number of carbonyl (C=O) groups is 1. The van der Waals surface area contributed by atoms with Crippen LogP contribution in [-0.4, -0.2) is 10.9 Å². The maximum absolute atomic E-state index is 13.0. The van der Waals surface area contributed by atoms with E-state index in [1.165, 1.54) is 0 Å². The molecule has 0 unspecified atom stereocenters. The molecule has 0 atom stereocenters. The zero-order chi connectivity index (χ0) is 13.1. The molecule has 100 valence electrons. The molecule has 0 aliphatic rings. The zero-order valence-electron chi connectivity index (χ0n) is 9.47. The van der Waals surface area contributed by atoms with E-state index < -0.39 is 11.7 Å². The Balaban J connectivity index is 0.00000180. The number of hydrogen-bond donors (Lipinski definition) is 1. The van der Waals surface area contributed by atoms with Crippen molar-refractivity contribution in [2.24, 2.45) is 5.73 Å². The standard InChI is InChI=1S/C12H8FIN2O2.ClH/c13-7-4-10(11(15)17)12(16-6-7)18-9-3-1-2-8(14)5-9;/h1-6H,(H2,15,17);1H. The van der Waals surface area contributed by atoms with Gasteiger partial charge in [0.25, 0.3) is 5.91 Å². The molecule has 0 bridgehead atoms. The molecule has 19 heavy (non-hydrogen) atoms. The van der Waals surface area contributed by atoms with Crippen LogP contribution in [-0.2, 0) is 0 Å². The molecule has 1 amide bonds. The Bertz CT molecular complexity index is 610. The molecule has 2 aromatic rings. The smallest absolute Gasteiger partial charge is 0.254 e. The van der Waals surface area contributed by atoms with Gasteiger partial charge < -0.3 is 10.5 Å². The Kier molecular flexibility index (Phi) is 5.49. The van der Waals surface area contributed by atoms with Gasteiger partial charge in [-0.1, -0.05) is 6.07 Å². The number of nitrogens with zero attached hydrogens (tertiary/aromatic N) is 1. The first kappa shape index (κ1) is 15.6. The summed E-state index contributed by atoms with van der Waals surface area (Å²) in [7, 11) is 0. The van der Waals surface area contributed by atoms with Crippen LogP contribution in [0.25, 0.3) is 0 Å². The van der Waals surface area contributed by atoms with Crippen molar-refractivity contribution in [1.82, 2.24) is 4.98 Å². The second-order valence-corrected chi connectivity index (χ2v) is 4.68. The first-order chi connectivity index (χ1) is 8.56. The normalized spacial score (nSPS) is 9.58. The second kappa shape index (κ2) is 6.67. The lowest BCUT2D eigenvalue weighted by Crippen LogP contribution is -2.13. The van der Waals surface area contributed by atoms with Crippen molar-refractivity contribution in [2.75, 3.05) is 0 Å². The third-order valence-corrected chi connectivity index (χ3v) is 2.76. The fourth-order valence-corrected chi connectivity index (χ4v) is 1.84. The van der Waals surface area contributed by atoms with Gasteiger partial charge in [0.15, 0.2) is 0 Å². The van der Waals surface area contributed by atoms with Crippen molar-refractivity contribution >= 4 is 40.9 Å². The average Bonchev–Trinajstić information content (AvgIpc) is 2.31. The first-order valence-corrected chi connectivity index (χ1v) is 6.03. The van der Waals surface area contributed by atoms with Crippen molar-refractivity contribution in [2.45, 2.75) is 0 Å². The first-order valence-electron chi connectivity index (χ1n) is 4.95. The van der Waals surface area contributed by atoms with E-state index in [4.69, 9.17) is 10.5 Å². The number of rotatable bonds is 3. The van der Waals surface area contributed by atoms with Gasteiger partial charge in [-0.15, -0.1) is 12.4 Å². The third kappa shape index (κ3) is 4.03. The summed E-state index contributed by atoms with van der Waals surface area (Å²) >= 11 is 2.12. The van der Waals surface area contributed by atoms with Crippen molar-refractivity contribution in [3.8, 4) is 11.6 Å². The number of primary amides is 1. The van der Waals surface area contributed by atoms with Crippen LogP contribution in [0, 0.1) is 9.39 Å². The zero-order valence-corrected chi connectivity index (χ0v) is 12.4. The lowest BCUT2D eigenvalue weighted by Gasteiger charge is -2.08. The van der Waals surface area contributed by atoms with E-state index in [2.05, 4.69) is 27.6 Å². The minimum Gasteiger partial charge on any atom is -0.438 e. The molecule has 0 aliphatic heterocycles. The highest BCUT2D eigenvalue weighted by molar-refractivity contribution is 14.1. The monoisotopic (exact) mass is 394 g/mol. The highest BCUT2D eigenvalue weighted by Gasteiger charge is 2.13. The van der Waals surface area contributed by atoms with E-state index in [9.17, 15) is 9.18 Å². The molecule has 1 heterocycles. The highest BCUT2D eigenvalue weighted by Crippen LogP contribution is 2.24. The molecule has 0 aliphatic carbocycles. The van der Waals surface area contributed by atoms with E-state index in [-0.39, 0.29) is 23.9 Å². The number of pyridine rings is 1. The summed E-state index contributed by atoms with van der Waals surface area (Å²) < 4.78 is 19.4. The van der Waals surface area contributed by atoms with E-state index in [1.54, 1.807) is 18.2 Å². The van der Waals surface area contributed by atoms with Crippen molar-refractivity contribution in [3.05, 3.63) is 51.5 Å². The van der Waals surface area contributed by atoms with Gasteiger partial charge in [0.05, 0.1) is 6.20 Å². The number of benzene rings is 1. The molecule has 2 rings (SSSR count). The van der Waals surface area contributed by atoms with E-state index >= 15 is 0 Å². The van der Waals surface area contributed by atoms with E-state index in [1.807, 2.05) is 6.07 Å². The maximum Gasteiger partial charge on any atom is 0.254 e. The Morgan fingerprint density at radius 2 is 2.11 bits per heavy atom. The van der Waals surface area contributed by atoms with Gasteiger partial charge in [0.2, 0.25) is 5.88 Å². The van der Waals surface area contributed by atoms with Crippen LogP contribution in [0.3, 0.4) is 0 Å². The number of aromatic nitrogens is 1. The van der Waals surface area contributed by atoms with Gasteiger partial charge in [-0.3, -0.25) is 4.79 Å². The van der Waals surface area contributed by atoms with E-state index in [0.717, 1.165) is 15.8 Å². The summed E-state index contributed by atoms with van der Waals surface area (Å²) in [6.45, 7) is 0. The summed E-state index contributed by atoms with van der Waals surface area (Å²) in [6.07, 6.45) is 0.968. The van der Waals surface area contributed by atoms with Gasteiger partial charge in [-0.25, -0.2) is 9.37 Å². The minimum atomic E-state index is -0.789. The molecule has 0 saturated carbocycles. The van der Waals surface area contributed by atoms with Gasteiger partial charge >= 0.3 is 0 Å². The largest absolute Gasteiger partial charge is 0.438 e. The number of carbonyl (C=O) groups excluding carboxylic acids is 1. The second-order valence-electron chi connectivity index (χ2n) is 3.43. The average molecular weight is 395 g/mol. The summed E-state index contributed by atoms with van der Waals surface area (Å²) in [5.41, 5.74) is 5.05. The molecule has 2 N–H and O–H groups in total. The van der Waals surface area contributed by atoms with Crippen LogP contribution < -0.4 is 10.5 Å². The molecule has 0 saturated heterocycles. The Morgan fingerprint density at radius 1 is 1.37 bits per heavy atom. The summed E-state index contributed by atoms with van der Waals surface area (Å²) in [5, 5.41) is 0. The van der Waals surface area contributed by atoms with E-state index in [0.29, 0.717) is 5.75 Å².